The number of halogens is 1. The molecule has 4 atom stereocenters. The lowest BCUT2D eigenvalue weighted by molar-refractivity contribution is -0.770. The predicted octanol–water partition coefficient (Wildman–Crippen LogP) is 1.67. The van der Waals surface area contributed by atoms with Crippen LogP contribution in [0.3, 0.4) is 0 Å². The summed E-state index contributed by atoms with van der Waals surface area (Å²) in [5.41, 5.74) is 0. The Morgan fingerprint density at radius 2 is 2.00 bits per heavy atom. The third kappa shape index (κ3) is 2.00. The minimum atomic E-state index is -0.712. The van der Waals surface area contributed by atoms with Crippen LogP contribution in [-0.4, -0.2) is 28.2 Å². The molecule has 2 heterocycles. The molecule has 0 saturated carbocycles. The maximum absolute atomic E-state index is 10.3. The van der Waals surface area contributed by atoms with Crippen molar-refractivity contribution in [2.45, 2.75) is 48.8 Å². The molecule has 6 heteroatoms. The molecule has 2 fully saturated rings. The first-order valence-electron chi connectivity index (χ1n) is 4.77. The molecular formula is C8H12BrNO4. The van der Waals surface area contributed by atoms with Crippen molar-refractivity contribution in [1.29, 1.82) is 0 Å². The molecule has 0 radical (unpaired) electrons. The quantitative estimate of drug-likeness (QED) is 0.433. The summed E-state index contributed by atoms with van der Waals surface area (Å²) in [7, 11) is 0. The molecule has 2 aliphatic rings. The van der Waals surface area contributed by atoms with Gasteiger partial charge in [-0.15, -0.1) is 10.1 Å². The highest BCUT2D eigenvalue weighted by atomic mass is 79.9. The van der Waals surface area contributed by atoms with Gasteiger partial charge in [0.05, 0.1) is 12.2 Å². The molecule has 2 aliphatic heterocycles. The van der Waals surface area contributed by atoms with Gasteiger partial charge in [-0.2, -0.15) is 0 Å². The average Bonchev–Trinajstić information content (AvgIpc) is 2.54. The number of ether oxygens (including phenoxy) is 1. The number of alkyl halides is 1. The summed E-state index contributed by atoms with van der Waals surface area (Å²) in [4.78, 5) is 15.2. The topological polar surface area (TPSA) is 61.6 Å². The van der Waals surface area contributed by atoms with Gasteiger partial charge in [-0.1, -0.05) is 15.9 Å². The van der Waals surface area contributed by atoms with Gasteiger partial charge in [0.1, 0.15) is 6.10 Å². The van der Waals surface area contributed by atoms with Crippen LogP contribution in [0.4, 0.5) is 0 Å². The van der Waals surface area contributed by atoms with E-state index in [1.807, 2.05) is 0 Å². The van der Waals surface area contributed by atoms with Crippen molar-refractivity contribution in [3.8, 4) is 0 Å². The van der Waals surface area contributed by atoms with E-state index in [1.165, 1.54) is 0 Å². The fourth-order valence-corrected chi connectivity index (χ4v) is 2.81. The largest absolute Gasteiger partial charge is 0.372 e. The van der Waals surface area contributed by atoms with Crippen LogP contribution in [0.15, 0.2) is 0 Å². The summed E-state index contributed by atoms with van der Waals surface area (Å²) in [5, 5.41) is 9.54. The molecule has 2 rings (SSSR count). The molecule has 14 heavy (non-hydrogen) atoms. The number of hydrogen-bond acceptors (Lipinski definition) is 4. The van der Waals surface area contributed by atoms with E-state index in [1.54, 1.807) is 0 Å². The molecule has 2 bridgehead atoms. The summed E-state index contributed by atoms with van der Waals surface area (Å²) in [5.74, 6) is 0. The van der Waals surface area contributed by atoms with Gasteiger partial charge in [-0.05, 0) is 25.7 Å². The van der Waals surface area contributed by atoms with Crippen molar-refractivity contribution in [2.75, 3.05) is 0 Å². The molecule has 5 nitrogen and oxygen atoms in total. The van der Waals surface area contributed by atoms with Crippen molar-refractivity contribution in [3.05, 3.63) is 10.1 Å². The third-order valence-electron chi connectivity index (χ3n) is 2.85. The molecule has 80 valence electrons. The Labute approximate surface area is 90.0 Å². The molecule has 2 saturated heterocycles. The zero-order valence-corrected chi connectivity index (χ0v) is 9.18. The Kier molecular flexibility index (Phi) is 2.92. The van der Waals surface area contributed by atoms with Gasteiger partial charge < -0.3 is 9.57 Å². The zero-order valence-electron chi connectivity index (χ0n) is 7.60. The number of hydrogen-bond donors (Lipinski definition) is 0. The van der Waals surface area contributed by atoms with Crippen molar-refractivity contribution < 1.29 is 14.7 Å². The highest BCUT2D eigenvalue weighted by Crippen LogP contribution is 2.35. The van der Waals surface area contributed by atoms with Gasteiger partial charge in [-0.3, -0.25) is 0 Å². The van der Waals surface area contributed by atoms with E-state index in [-0.39, 0.29) is 18.3 Å². The lowest BCUT2D eigenvalue weighted by Gasteiger charge is -2.18. The van der Waals surface area contributed by atoms with Gasteiger partial charge in [0, 0.05) is 4.83 Å². The second-order valence-electron chi connectivity index (χ2n) is 3.75. The van der Waals surface area contributed by atoms with Crippen molar-refractivity contribution in [3.63, 3.8) is 0 Å². The highest BCUT2D eigenvalue weighted by molar-refractivity contribution is 9.09. The number of fused-ring (bicyclic) bond motifs is 2. The van der Waals surface area contributed by atoms with Gasteiger partial charge in [0.2, 0.25) is 0 Å². The van der Waals surface area contributed by atoms with E-state index in [4.69, 9.17) is 4.74 Å². The summed E-state index contributed by atoms with van der Waals surface area (Å²) in [6.45, 7) is 0. The van der Waals surface area contributed by atoms with Gasteiger partial charge >= 0.3 is 0 Å². The normalized spacial score (nSPS) is 41.8. The molecular weight excluding hydrogens is 254 g/mol. The van der Waals surface area contributed by atoms with Gasteiger partial charge in [0.15, 0.2) is 0 Å². The van der Waals surface area contributed by atoms with E-state index in [2.05, 4.69) is 20.8 Å². The molecule has 0 aliphatic carbocycles. The Bertz CT molecular complexity index is 237. The molecule has 0 aromatic carbocycles. The zero-order chi connectivity index (χ0) is 10.1. The lowest BCUT2D eigenvalue weighted by Crippen LogP contribution is -2.29. The molecule has 0 amide bonds. The van der Waals surface area contributed by atoms with Crippen molar-refractivity contribution in [2.24, 2.45) is 0 Å². The smallest absolute Gasteiger partial charge is 0.294 e. The Balaban J connectivity index is 2.01. The molecule has 0 spiro atoms. The third-order valence-corrected chi connectivity index (χ3v) is 3.90. The standard InChI is InChI=1S/C8H12BrNO4/c9-5-1-2-8(14-10(11)12)7-4-3-6(5)13-7/h5-8H,1-4H2/t5-,6-,7+,8+/m0/s1. The van der Waals surface area contributed by atoms with E-state index < -0.39 is 5.09 Å². The van der Waals surface area contributed by atoms with Crippen LogP contribution in [0.5, 0.6) is 0 Å². The first kappa shape index (κ1) is 10.2. The van der Waals surface area contributed by atoms with Crippen molar-refractivity contribution >= 4 is 15.9 Å². The number of nitrogens with zero attached hydrogens (tertiary/aromatic N) is 1. The molecule has 0 aromatic heterocycles. The fourth-order valence-electron chi connectivity index (χ4n) is 2.16. The molecule has 0 unspecified atom stereocenters. The van der Waals surface area contributed by atoms with Crippen LogP contribution in [-0.2, 0) is 9.57 Å². The van der Waals surface area contributed by atoms with E-state index >= 15 is 0 Å². The highest BCUT2D eigenvalue weighted by Gasteiger charge is 2.40. The van der Waals surface area contributed by atoms with Crippen LogP contribution in [0.25, 0.3) is 0 Å². The van der Waals surface area contributed by atoms with E-state index in [9.17, 15) is 10.1 Å². The Morgan fingerprint density at radius 3 is 2.71 bits per heavy atom. The van der Waals surface area contributed by atoms with Gasteiger partial charge in [0.25, 0.3) is 5.09 Å². The second kappa shape index (κ2) is 4.02. The minimum absolute atomic E-state index is 0.0899. The fraction of sp³-hybridized carbons (Fsp3) is 1.00. The molecule has 0 aromatic rings. The van der Waals surface area contributed by atoms with E-state index in [0.29, 0.717) is 11.2 Å². The first-order valence-corrected chi connectivity index (χ1v) is 5.69. The summed E-state index contributed by atoms with van der Waals surface area (Å²) < 4.78 is 5.67. The lowest BCUT2D eigenvalue weighted by atomic mass is 9.99. The first-order chi connectivity index (χ1) is 6.66. The van der Waals surface area contributed by atoms with E-state index in [0.717, 1.165) is 19.3 Å². The van der Waals surface area contributed by atoms with Gasteiger partial charge in [-0.25, -0.2) is 0 Å². The van der Waals surface area contributed by atoms with Crippen LogP contribution in [0.1, 0.15) is 25.7 Å². The predicted molar refractivity (Wildman–Crippen MR) is 51.7 cm³/mol. The average molecular weight is 266 g/mol. The summed E-state index contributed by atoms with van der Waals surface area (Å²) in [6, 6.07) is 0. The summed E-state index contributed by atoms with van der Waals surface area (Å²) in [6.07, 6.45) is 3.15. The second-order valence-corrected chi connectivity index (χ2v) is 4.93. The summed E-state index contributed by atoms with van der Waals surface area (Å²) >= 11 is 3.53. The van der Waals surface area contributed by atoms with Crippen LogP contribution in [0.2, 0.25) is 0 Å². The molecule has 0 N–H and O–H groups in total. The monoisotopic (exact) mass is 265 g/mol. The van der Waals surface area contributed by atoms with Crippen LogP contribution in [0, 0.1) is 10.1 Å². The van der Waals surface area contributed by atoms with Crippen LogP contribution < -0.4 is 0 Å². The number of rotatable bonds is 2. The maximum atomic E-state index is 10.3. The Hall–Kier alpha value is -0.360. The van der Waals surface area contributed by atoms with Crippen LogP contribution >= 0.6 is 15.9 Å². The Morgan fingerprint density at radius 1 is 1.29 bits per heavy atom. The maximum Gasteiger partial charge on any atom is 0.294 e. The SMILES string of the molecule is O=[N+]([O-])O[C@@H]1CC[C@H](Br)[C@@H]2CC[C@H]1O2. The van der Waals surface area contributed by atoms with Crippen molar-refractivity contribution in [1.82, 2.24) is 0 Å². The minimum Gasteiger partial charge on any atom is -0.372 e.